The van der Waals surface area contributed by atoms with Crippen LogP contribution in [0.1, 0.15) is 20.7 Å². The van der Waals surface area contributed by atoms with Gasteiger partial charge in [0.15, 0.2) is 5.75 Å². The summed E-state index contributed by atoms with van der Waals surface area (Å²) in [6.07, 6.45) is 0. The number of esters is 1. The monoisotopic (exact) mass is 351 g/mol. The number of carboxylic acids is 1. The van der Waals surface area contributed by atoms with Crippen molar-refractivity contribution >= 4 is 27.6 Å². The van der Waals surface area contributed by atoms with Crippen molar-refractivity contribution in [1.29, 1.82) is 0 Å². The molecule has 0 atom stereocenters. The van der Waals surface area contributed by atoms with Gasteiger partial charge in [0.2, 0.25) is 0 Å². The van der Waals surface area contributed by atoms with Crippen LogP contribution in [0.25, 0.3) is 0 Å². The van der Waals surface area contributed by atoms with Crippen LogP contribution in [0, 0.1) is 0 Å². The number of aromatic carboxylic acids is 1. The van der Waals surface area contributed by atoms with Crippen LogP contribution < -0.4 is 4.72 Å². The molecule has 0 aromatic heterocycles. The van der Waals surface area contributed by atoms with Crippen LogP contribution in [0.4, 0.5) is 5.69 Å². The zero-order valence-corrected chi connectivity index (χ0v) is 13.2. The van der Waals surface area contributed by atoms with E-state index in [1.54, 1.807) is 0 Å². The molecule has 0 aliphatic carbocycles. The third-order valence-corrected chi connectivity index (χ3v) is 4.48. The van der Waals surface area contributed by atoms with Crippen molar-refractivity contribution in [2.75, 3.05) is 11.8 Å². The quantitative estimate of drug-likeness (QED) is 0.552. The van der Waals surface area contributed by atoms with Gasteiger partial charge in [-0.2, -0.15) is 0 Å². The fourth-order valence-corrected chi connectivity index (χ4v) is 2.95. The van der Waals surface area contributed by atoms with E-state index in [1.165, 1.54) is 18.2 Å². The minimum Gasteiger partial charge on any atom is -0.505 e. The Labute approximate surface area is 137 Å². The lowest BCUT2D eigenvalue weighted by Gasteiger charge is -2.11. The first-order chi connectivity index (χ1) is 11.3. The van der Waals surface area contributed by atoms with Gasteiger partial charge in [0.05, 0.1) is 23.3 Å². The van der Waals surface area contributed by atoms with Gasteiger partial charge in [0, 0.05) is 0 Å². The lowest BCUT2D eigenvalue weighted by molar-refractivity contribution is 0.0596. The molecule has 0 aliphatic rings. The summed E-state index contributed by atoms with van der Waals surface area (Å²) >= 11 is 0. The molecule has 0 spiro atoms. The Morgan fingerprint density at radius 1 is 1.08 bits per heavy atom. The summed E-state index contributed by atoms with van der Waals surface area (Å²) in [4.78, 5) is 22.1. The van der Waals surface area contributed by atoms with E-state index in [1.807, 2.05) is 0 Å². The van der Waals surface area contributed by atoms with Crippen molar-refractivity contribution < 1.29 is 33.0 Å². The zero-order valence-electron chi connectivity index (χ0n) is 12.4. The van der Waals surface area contributed by atoms with Crippen molar-refractivity contribution in [2.24, 2.45) is 0 Å². The summed E-state index contributed by atoms with van der Waals surface area (Å²) in [5.74, 6) is -2.58. The molecular weight excluding hydrogens is 338 g/mol. The molecule has 126 valence electrons. The number of benzene rings is 2. The number of hydrogen-bond acceptors (Lipinski definition) is 6. The number of carbonyl (C=O) groups excluding carboxylic acids is 1. The molecule has 8 nitrogen and oxygen atoms in total. The van der Waals surface area contributed by atoms with Crippen LogP contribution in [0.15, 0.2) is 47.4 Å². The number of carbonyl (C=O) groups is 2. The number of para-hydroxylation sites is 1. The highest BCUT2D eigenvalue weighted by Crippen LogP contribution is 2.30. The van der Waals surface area contributed by atoms with Gasteiger partial charge in [0.25, 0.3) is 10.0 Å². The molecule has 0 fully saturated rings. The smallest absolute Gasteiger partial charge is 0.341 e. The minimum atomic E-state index is -4.08. The van der Waals surface area contributed by atoms with Crippen molar-refractivity contribution in [3.05, 3.63) is 53.6 Å². The number of anilines is 1. The number of nitrogens with one attached hydrogen (secondary N) is 1. The second kappa shape index (κ2) is 6.59. The molecule has 0 heterocycles. The largest absolute Gasteiger partial charge is 0.505 e. The lowest BCUT2D eigenvalue weighted by Crippen LogP contribution is -2.14. The van der Waals surface area contributed by atoms with Gasteiger partial charge in [-0.25, -0.2) is 18.0 Å². The molecule has 0 saturated heterocycles. The van der Waals surface area contributed by atoms with Crippen molar-refractivity contribution in [1.82, 2.24) is 0 Å². The Hall–Kier alpha value is -3.07. The number of sulfonamides is 1. The molecular formula is C15H13NO7S. The molecule has 9 heteroatoms. The van der Waals surface area contributed by atoms with Crippen LogP contribution in [-0.4, -0.2) is 37.7 Å². The number of methoxy groups -OCH3 is 1. The van der Waals surface area contributed by atoms with E-state index in [2.05, 4.69) is 9.46 Å². The van der Waals surface area contributed by atoms with E-state index >= 15 is 0 Å². The summed E-state index contributed by atoms with van der Waals surface area (Å²) in [6.45, 7) is 0. The second-order valence-corrected chi connectivity index (χ2v) is 6.31. The van der Waals surface area contributed by atoms with Crippen LogP contribution in [-0.2, 0) is 14.8 Å². The third kappa shape index (κ3) is 3.46. The van der Waals surface area contributed by atoms with Crippen LogP contribution >= 0.6 is 0 Å². The first-order valence-electron chi connectivity index (χ1n) is 6.52. The number of phenolic OH excluding ortho intramolecular Hbond substituents is 1. The molecule has 2 rings (SSSR count). The topological polar surface area (TPSA) is 130 Å². The summed E-state index contributed by atoms with van der Waals surface area (Å²) in [6, 6.07) is 8.44. The third-order valence-electron chi connectivity index (χ3n) is 3.10. The second-order valence-electron chi connectivity index (χ2n) is 4.63. The van der Waals surface area contributed by atoms with Crippen molar-refractivity contribution in [3.63, 3.8) is 0 Å². The highest BCUT2D eigenvalue weighted by molar-refractivity contribution is 7.92. The molecule has 2 aromatic carbocycles. The predicted molar refractivity (Wildman–Crippen MR) is 83.7 cm³/mol. The van der Waals surface area contributed by atoms with Gasteiger partial charge in [-0.15, -0.1) is 0 Å². The molecule has 24 heavy (non-hydrogen) atoms. The van der Waals surface area contributed by atoms with E-state index < -0.39 is 27.7 Å². The van der Waals surface area contributed by atoms with Crippen LogP contribution in [0.2, 0.25) is 0 Å². The Kier molecular flexibility index (Phi) is 4.74. The average molecular weight is 351 g/mol. The fourth-order valence-electron chi connectivity index (χ4n) is 1.88. The lowest BCUT2D eigenvalue weighted by atomic mass is 10.2. The van der Waals surface area contributed by atoms with Crippen molar-refractivity contribution in [3.8, 4) is 5.75 Å². The van der Waals surface area contributed by atoms with Gasteiger partial charge in [-0.3, -0.25) is 4.72 Å². The molecule has 0 bridgehead atoms. The number of carboxylic acid groups (broad SMARTS) is 1. The van der Waals surface area contributed by atoms with E-state index in [-0.39, 0.29) is 21.7 Å². The summed E-state index contributed by atoms with van der Waals surface area (Å²) < 4.78 is 31.2. The first kappa shape index (κ1) is 17.3. The summed E-state index contributed by atoms with van der Waals surface area (Å²) in [5, 5.41) is 18.8. The molecule has 0 amide bonds. The van der Waals surface area contributed by atoms with E-state index in [0.29, 0.717) is 0 Å². The Balaban J connectivity index is 2.36. The van der Waals surface area contributed by atoms with Crippen molar-refractivity contribution in [2.45, 2.75) is 4.90 Å². The highest BCUT2D eigenvalue weighted by atomic mass is 32.2. The number of ether oxygens (including phenoxy) is 1. The van der Waals surface area contributed by atoms with E-state index in [9.17, 15) is 23.1 Å². The summed E-state index contributed by atoms with van der Waals surface area (Å²) in [7, 11) is -2.95. The minimum absolute atomic E-state index is 0.0653. The maximum atomic E-state index is 12.3. The van der Waals surface area contributed by atoms with E-state index in [0.717, 1.165) is 31.4 Å². The Bertz CT molecular complexity index is 889. The van der Waals surface area contributed by atoms with Gasteiger partial charge in [0.1, 0.15) is 5.56 Å². The number of rotatable bonds is 5. The zero-order chi connectivity index (χ0) is 17.9. The maximum Gasteiger partial charge on any atom is 0.341 e. The molecule has 2 aromatic rings. The highest BCUT2D eigenvalue weighted by Gasteiger charge is 2.20. The maximum absolute atomic E-state index is 12.3. The molecule has 0 saturated carbocycles. The fraction of sp³-hybridized carbons (Fsp3) is 0.0667. The van der Waals surface area contributed by atoms with Gasteiger partial charge < -0.3 is 14.9 Å². The standard InChI is InChI=1S/C15H13NO7S/c1-23-15(20)11-3-2-4-12(13(11)17)16-24(21,22)10-7-5-9(6-8-10)14(18)19/h2-8,16-17H,1H3,(H,18,19). The number of phenols is 1. The predicted octanol–water partition coefficient (Wildman–Crippen LogP) is 1.68. The van der Waals surface area contributed by atoms with Crippen LogP contribution in [0.3, 0.4) is 0 Å². The van der Waals surface area contributed by atoms with E-state index in [4.69, 9.17) is 5.11 Å². The SMILES string of the molecule is COC(=O)c1cccc(NS(=O)(=O)c2ccc(C(=O)O)cc2)c1O. The Morgan fingerprint density at radius 3 is 2.25 bits per heavy atom. The molecule has 3 N–H and O–H groups in total. The number of aromatic hydroxyl groups is 1. The van der Waals surface area contributed by atoms with Gasteiger partial charge in [-0.1, -0.05) is 6.07 Å². The number of hydrogen-bond donors (Lipinski definition) is 3. The Morgan fingerprint density at radius 2 is 1.71 bits per heavy atom. The van der Waals surface area contributed by atoms with Gasteiger partial charge in [-0.05, 0) is 36.4 Å². The van der Waals surface area contributed by atoms with Crippen LogP contribution in [0.5, 0.6) is 5.75 Å². The summed E-state index contributed by atoms with van der Waals surface area (Å²) in [5.41, 5.74) is -0.469. The molecule has 0 aliphatic heterocycles. The van der Waals surface area contributed by atoms with Gasteiger partial charge >= 0.3 is 11.9 Å². The average Bonchev–Trinajstić information content (AvgIpc) is 2.56. The first-order valence-corrected chi connectivity index (χ1v) is 8.01. The normalized spacial score (nSPS) is 10.9. The molecule has 0 unspecified atom stereocenters. The molecule has 0 radical (unpaired) electrons.